The van der Waals surface area contributed by atoms with Gasteiger partial charge in [0, 0.05) is 17.2 Å². The number of hydrogen-bond acceptors (Lipinski definition) is 2. The minimum absolute atomic E-state index is 0.109. The molecule has 0 unspecified atom stereocenters. The molecule has 0 heterocycles. The van der Waals surface area contributed by atoms with Gasteiger partial charge in [0.1, 0.15) is 5.75 Å². The molecule has 0 aliphatic heterocycles. The number of anilines is 1. The van der Waals surface area contributed by atoms with E-state index in [-0.39, 0.29) is 17.6 Å². The molecule has 0 saturated heterocycles. The normalized spacial score (nSPS) is 22.0. The Morgan fingerprint density at radius 1 is 1.29 bits per heavy atom. The number of rotatable bonds is 5. The van der Waals surface area contributed by atoms with Crippen molar-refractivity contribution >= 4 is 11.6 Å². The summed E-state index contributed by atoms with van der Waals surface area (Å²) in [6.45, 7) is 4.06. The number of benzene rings is 1. The molecule has 1 amide bonds. The molecule has 1 fully saturated rings. The van der Waals surface area contributed by atoms with Crippen LogP contribution >= 0.6 is 0 Å². The van der Waals surface area contributed by atoms with E-state index >= 15 is 0 Å². The molecular weight excluding hydrogens is 262 g/mol. The summed E-state index contributed by atoms with van der Waals surface area (Å²) in [6.07, 6.45) is 8.24. The number of carbonyl (C=O) groups is 1. The SMILES string of the molecule is CCCCC1CCC(C(=O)Nc2cccc(O)c2C)CC1. The molecule has 1 aliphatic carbocycles. The number of aromatic hydroxyl groups is 1. The molecule has 2 N–H and O–H groups in total. The maximum Gasteiger partial charge on any atom is 0.227 e. The van der Waals surface area contributed by atoms with Gasteiger partial charge < -0.3 is 10.4 Å². The van der Waals surface area contributed by atoms with Gasteiger partial charge in [-0.05, 0) is 50.7 Å². The van der Waals surface area contributed by atoms with Gasteiger partial charge in [-0.15, -0.1) is 0 Å². The molecule has 1 aromatic carbocycles. The predicted octanol–water partition coefficient (Wildman–Crippen LogP) is 4.64. The van der Waals surface area contributed by atoms with E-state index in [9.17, 15) is 9.90 Å². The molecule has 0 aromatic heterocycles. The molecular formula is C18H27NO2. The second-order valence-corrected chi connectivity index (χ2v) is 6.30. The van der Waals surface area contributed by atoms with E-state index in [2.05, 4.69) is 12.2 Å². The number of carbonyl (C=O) groups excluding carboxylic acids is 1. The van der Waals surface area contributed by atoms with Gasteiger partial charge in [-0.25, -0.2) is 0 Å². The Balaban J connectivity index is 1.86. The summed E-state index contributed by atoms with van der Waals surface area (Å²) in [5, 5.41) is 12.7. The van der Waals surface area contributed by atoms with Gasteiger partial charge in [-0.2, -0.15) is 0 Å². The Bertz CT molecular complexity index is 476. The van der Waals surface area contributed by atoms with Crippen molar-refractivity contribution in [2.75, 3.05) is 5.32 Å². The van der Waals surface area contributed by atoms with Crippen LogP contribution in [-0.4, -0.2) is 11.0 Å². The van der Waals surface area contributed by atoms with Crippen molar-refractivity contribution in [3.05, 3.63) is 23.8 Å². The van der Waals surface area contributed by atoms with E-state index in [1.54, 1.807) is 12.1 Å². The fourth-order valence-electron chi connectivity index (χ4n) is 3.20. The van der Waals surface area contributed by atoms with Gasteiger partial charge in [0.2, 0.25) is 5.91 Å². The highest BCUT2D eigenvalue weighted by Crippen LogP contribution is 2.33. The predicted molar refractivity (Wildman–Crippen MR) is 86.4 cm³/mol. The summed E-state index contributed by atoms with van der Waals surface area (Å²) in [7, 11) is 0. The maximum absolute atomic E-state index is 12.4. The first kappa shape index (κ1) is 15.9. The van der Waals surface area contributed by atoms with Gasteiger partial charge in [-0.3, -0.25) is 4.79 Å². The molecule has 3 nitrogen and oxygen atoms in total. The van der Waals surface area contributed by atoms with Crippen molar-refractivity contribution in [1.29, 1.82) is 0 Å². The zero-order chi connectivity index (χ0) is 15.2. The topological polar surface area (TPSA) is 49.3 Å². The summed E-state index contributed by atoms with van der Waals surface area (Å²) in [5.74, 6) is 1.29. The maximum atomic E-state index is 12.4. The quantitative estimate of drug-likeness (QED) is 0.830. The smallest absolute Gasteiger partial charge is 0.227 e. The van der Waals surface area contributed by atoms with Crippen LogP contribution in [0.1, 0.15) is 57.4 Å². The van der Waals surface area contributed by atoms with Gasteiger partial charge in [0.05, 0.1) is 0 Å². The van der Waals surface area contributed by atoms with Crippen LogP contribution in [-0.2, 0) is 4.79 Å². The zero-order valence-electron chi connectivity index (χ0n) is 13.2. The summed E-state index contributed by atoms with van der Waals surface area (Å²) in [5.41, 5.74) is 1.47. The van der Waals surface area contributed by atoms with Crippen molar-refractivity contribution in [1.82, 2.24) is 0 Å². The molecule has 0 atom stereocenters. The Morgan fingerprint density at radius 2 is 2.00 bits per heavy atom. The van der Waals surface area contributed by atoms with E-state index in [4.69, 9.17) is 0 Å². The molecule has 21 heavy (non-hydrogen) atoms. The molecule has 0 bridgehead atoms. The average molecular weight is 289 g/mol. The highest BCUT2D eigenvalue weighted by Gasteiger charge is 2.26. The molecule has 3 heteroatoms. The number of phenols is 1. The van der Waals surface area contributed by atoms with Crippen molar-refractivity contribution in [2.45, 2.75) is 58.8 Å². The lowest BCUT2D eigenvalue weighted by molar-refractivity contribution is -0.121. The monoisotopic (exact) mass is 289 g/mol. The third kappa shape index (κ3) is 4.23. The molecule has 0 radical (unpaired) electrons. The van der Waals surface area contributed by atoms with Crippen molar-refractivity contribution < 1.29 is 9.90 Å². The van der Waals surface area contributed by atoms with Crippen LogP contribution in [0.2, 0.25) is 0 Å². The second kappa shape index (κ2) is 7.48. The zero-order valence-corrected chi connectivity index (χ0v) is 13.2. The first-order valence-corrected chi connectivity index (χ1v) is 8.21. The standard InChI is InChI=1S/C18H27NO2/c1-3-4-6-14-9-11-15(12-10-14)18(21)19-16-7-5-8-17(20)13(16)2/h5,7-8,14-15,20H,3-4,6,9-12H2,1-2H3,(H,19,21). The minimum atomic E-state index is 0.109. The van der Waals surface area contributed by atoms with Crippen LogP contribution in [0.3, 0.4) is 0 Å². The van der Waals surface area contributed by atoms with E-state index in [1.807, 2.05) is 13.0 Å². The van der Waals surface area contributed by atoms with E-state index in [1.165, 1.54) is 32.1 Å². The lowest BCUT2D eigenvalue weighted by atomic mass is 9.79. The number of nitrogens with one attached hydrogen (secondary N) is 1. The Kier molecular flexibility index (Phi) is 5.66. The molecule has 1 aromatic rings. The summed E-state index contributed by atoms with van der Waals surface area (Å²) in [4.78, 5) is 12.4. The number of phenolic OH excluding ortho intramolecular Hbond substituents is 1. The van der Waals surface area contributed by atoms with Crippen LogP contribution in [0, 0.1) is 18.8 Å². The van der Waals surface area contributed by atoms with Gasteiger partial charge in [0.25, 0.3) is 0 Å². The lowest BCUT2D eigenvalue weighted by Gasteiger charge is -2.28. The second-order valence-electron chi connectivity index (χ2n) is 6.30. The van der Waals surface area contributed by atoms with Gasteiger partial charge in [-0.1, -0.05) is 32.3 Å². The molecule has 0 spiro atoms. The van der Waals surface area contributed by atoms with Crippen LogP contribution < -0.4 is 5.32 Å². The van der Waals surface area contributed by atoms with E-state index < -0.39 is 0 Å². The summed E-state index contributed by atoms with van der Waals surface area (Å²) in [6, 6.07) is 5.25. The number of amides is 1. The van der Waals surface area contributed by atoms with E-state index in [0.717, 1.165) is 30.0 Å². The first-order valence-electron chi connectivity index (χ1n) is 8.21. The third-order valence-corrected chi connectivity index (χ3v) is 4.75. The van der Waals surface area contributed by atoms with Gasteiger partial charge >= 0.3 is 0 Å². The molecule has 1 saturated carbocycles. The highest BCUT2D eigenvalue weighted by atomic mass is 16.3. The number of hydrogen-bond donors (Lipinski definition) is 2. The first-order chi connectivity index (χ1) is 10.1. The summed E-state index contributed by atoms with van der Waals surface area (Å²) < 4.78 is 0. The summed E-state index contributed by atoms with van der Waals surface area (Å²) >= 11 is 0. The third-order valence-electron chi connectivity index (χ3n) is 4.75. The Labute approximate surface area is 127 Å². The minimum Gasteiger partial charge on any atom is -0.508 e. The lowest BCUT2D eigenvalue weighted by Crippen LogP contribution is -2.27. The van der Waals surface area contributed by atoms with E-state index in [0.29, 0.717) is 0 Å². The van der Waals surface area contributed by atoms with Crippen molar-refractivity contribution in [3.63, 3.8) is 0 Å². The van der Waals surface area contributed by atoms with Crippen molar-refractivity contribution in [2.24, 2.45) is 11.8 Å². The number of unbranched alkanes of at least 4 members (excludes halogenated alkanes) is 1. The van der Waals surface area contributed by atoms with Crippen LogP contribution in [0.15, 0.2) is 18.2 Å². The Morgan fingerprint density at radius 3 is 2.67 bits per heavy atom. The molecule has 1 aliphatic rings. The fraction of sp³-hybridized carbons (Fsp3) is 0.611. The molecule has 2 rings (SSSR count). The van der Waals surface area contributed by atoms with Crippen LogP contribution in [0.4, 0.5) is 5.69 Å². The average Bonchev–Trinajstić information content (AvgIpc) is 2.50. The largest absolute Gasteiger partial charge is 0.508 e. The van der Waals surface area contributed by atoms with Crippen LogP contribution in [0.25, 0.3) is 0 Å². The molecule has 116 valence electrons. The Hall–Kier alpha value is -1.51. The van der Waals surface area contributed by atoms with Crippen LogP contribution in [0.5, 0.6) is 5.75 Å². The van der Waals surface area contributed by atoms with Crippen molar-refractivity contribution in [3.8, 4) is 5.75 Å². The van der Waals surface area contributed by atoms with Gasteiger partial charge in [0.15, 0.2) is 0 Å². The fourth-order valence-corrected chi connectivity index (χ4v) is 3.20. The highest BCUT2D eigenvalue weighted by molar-refractivity contribution is 5.93.